The molecule has 374 valence electrons. The molecule has 3 aromatic carbocycles. The van der Waals surface area contributed by atoms with Crippen molar-refractivity contribution < 1.29 is 41.1 Å². The van der Waals surface area contributed by atoms with Gasteiger partial charge in [0.2, 0.25) is 17.7 Å². The molecule has 0 radical (unpaired) electrons. The Morgan fingerprint density at radius 3 is 2.01 bits per heavy atom. The summed E-state index contributed by atoms with van der Waals surface area (Å²) in [4.78, 5) is 45.8. The fourth-order valence-corrected chi connectivity index (χ4v) is 12.7. The second-order valence-corrected chi connectivity index (χ2v) is 22.7. The minimum absolute atomic E-state index is 0.240. The van der Waals surface area contributed by atoms with Gasteiger partial charge in [-0.15, -0.1) is 28.6 Å². The Kier molecular flexibility index (Phi) is 15.0. The summed E-state index contributed by atoms with van der Waals surface area (Å²) in [6, 6.07) is 21.6. The van der Waals surface area contributed by atoms with Gasteiger partial charge in [-0.2, -0.15) is 0 Å². The van der Waals surface area contributed by atoms with Gasteiger partial charge in [0.1, 0.15) is 41.5 Å². The third kappa shape index (κ3) is 10.3. The highest BCUT2D eigenvalue weighted by Crippen LogP contribution is 2.54. The highest BCUT2D eigenvalue weighted by molar-refractivity contribution is 7.98. The van der Waals surface area contributed by atoms with E-state index in [1.54, 1.807) is 80.0 Å². The molecule has 71 heavy (non-hydrogen) atoms. The molecule has 0 bridgehead atoms. The molecule has 3 atom stereocenters. The maximum atomic E-state index is 16.2. The zero-order chi connectivity index (χ0) is 51.1. The van der Waals surface area contributed by atoms with Gasteiger partial charge in [0.15, 0.2) is 11.5 Å². The van der Waals surface area contributed by atoms with Crippen LogP contribution in [0.15, 0.2) is 112 Å². The molecule has 5 heterocycles. The van der Waals surface area contributed by atoms with Gasteiger partial charge in [-0.05, 0) is 129 Å². The first-order valence-electron chi connectivity index (χ1n) is 23.7. The van der Waals surface area contributed by atoms with Crippen molar-refractivity contribution in [2.75, 3.05) is 19.1 Å². The number of aromatic nitrogens is 4. The summed E-state index contributed by atoms with van der Waals surface area (Å²) < 4.78 is 63.6. The van der Waals surface area contributed by atoms with Gasteiger partial charge >= 0.3 is 14.6 Å². The number of nitrogens with one attached hydrogen (secondary N) is 2. The molecule has 3 aliphatic heterocycles. The van der Waals surface area contributed by atoms with E-state index in [1.807, 2.05) is 103 Å². The van der Waals surface area contributed by atoms with E-state index in [9.17, 15) is 14.4 Å². The first kappa shape index (κ1) is 51.4. The molecule has 3 aliphatic rings. The average Bonchev–Trinajstić information content (AvgIpc) is 4.14. The highest BCUT2D eigenvalue weighted by atomic mass is 32.2. The van der Waals surface area contributed by atoms with Crippen molar-refractivity contribution in [3.8, 4) is 22.8 Å². The minimum atomic E-state index is -4.20. The second-order valence-electron chi connectivity index (χ2n) is 19.0. The number of aryl methyl sites for hydroxylation is 2. The minimum Gasteiger partial charge on any atom is -0.415 e. The Morgan fingerprint density at radius 2 is 1.45 bits per heavy atom. The van der Waals surface area contributed by atoms with Gasteiger partial charge in [0, 0.05) is 46.2 Å². The van der Waals surface area contributed by atoms with Crippen molar-refractivity contribution in [3.63, 3.8) is 0 Å². The number of fused-ring (bicyclic) bond motifs is 2. The maximum Gasteiger partial charge on any atom is 0.737 e. The molecule has 0 unspecified atom stereocenters. The van der Waals surface area contributed by atoms with Crippen LogP contribution in [0.3, 0.4) is 0 Å². The number of allylic oxidation sites excluding steroid dienone is 2. The molecule has 0 aliphatic carbocycles. The molecular formula is C51H60BF2N8O6PS2. The number of likely N-dealkylation sites (tertiary alicyclic amines) is 1. The van der Waals surface area contributed by atoms with Crippen molar-refractivity contribution in [2.24, 2.45) is 11.8 Å². The van der Waals surface area contributed by atoms with E-state index in [2.05, 4.69) is 20.9 Å². The van der Waals surface area contributed by atoms with Crippen LogP contribution >= 0.6 is 31.1 Å². The van der Waals surface area contributed by atoms with Crippen molar-refractivity contribution in [3.05, 3.63) is 125 Å². The first-order valence-corrected chi connectivity index (χ1v) is 27.8. The summed E-state index contributed by atoms with van der Waals surface area (Å²) in [5.74, 6) is -2.65. The summed E-state index contributed by atoms with van der Waals surface area (Å²) in [6.07, 6.45) is 8.23. The van der Waals surface area contributed by atoms with E-state index < -0.39 is 56.1 Å². The van der Waals surface area contributed by atoms with E-state index in [1.165, 1.54) is 18.5 Å². The van der Waals surface area contributed by atoms with Crippen molar-refractivity contribution in [1.82, 2.24) is 35.0 Å². The Balaban J connectivity index is 0.954. The zero-order valence-electron chi connectivity index (χ0n) is 41.6. The van der Waals surface area contributed by atoms with Crippen LogP contribution in [0.5, 0.6) is 11.5 Å². The predicted octanol–water partition coefficient (Wildman–Crippen LogP) is 9.82. The second kappa shape index (κ2) is 20.7. The molecule has 20 heteroatoms. The molecule has 5 aromatic rings. The van der Waals surface area contributed by atoms with Gasteiger partial charge in [-0.3, -0.25) is 14.4 Å². The zero-order valence-corrected chi connectivity index (χ0v) is 44.1. The number of hydrogen-bond donors (Lipinski definition) is 2. The lowest BCUT2D eigenvalue weighted by Gasteiger charge is -2.34. The number of halogens is 2. The first-order chi connectivity index (χ1) is 33.7. The van der Waals surface area contributed by atoms with Crippen LogP contribution in [0.2, 0.25) is 0 Å². The fraction of sp³-hybridized carbons (Fsp3) is 0.373. The van der Waals surface area contributed by atoms with E-state index in [0.29, 0.717) is 58.4 Å². The van der Waals surface area contributed by atoms with Crippen LogP contribution in [0.4, 0.5) is 8.63 Å². The lowest BCUT2D eigenvalue weighted by atomic mass is 9.83. The lowest BCUT2D eigenvalue weighted by molar-refractivity contribution is -0.363. The Hall–Kier alpha value is -5.91. The molecule has 2 aromatic heterocycles. The maximum absolute atomic E-state index is 16.2. The molecule has 1 fully saturated rings. The number of nitrogens with zero attached hydrogens (tertiary/aromatic N) is 6. The van der Waals surface area contributed by atoms with Gasteiger partial charge in [0.05, 0.1) is 11.8 Å². The Morgan fingerprint density at radius 1 is 0.859 bits per heavy atom. The smallest absolute Gasteiger partial charge is 0.415 e. The summed E-state index contributed by atoms with van der Waals surface area (Å²) >= 11 is 3.11. The van der Waals surface area contributed by atoms with Gasteiger partial charge < -0.3 is 42.2 Å². The van der Waals surface area contributed by atoms with Crippen molar-refractivity contribution >= 4 is 67.1 Å². The standard InChI is InChI=1S/C51H60BF2N8O6PS2/c1-30(2)46(51(65)60-25-11-12-43(60)49(64)56-50(31(3)4)69(66,67-38-17-21-40(70-9)22-18-38)68-39-19-23-41(71-10)24-20-39)55-44(63)29-59-28-42(57-58-59)36-13-15-37(16-14-36)45-47-32(5)26-34(7)61(47)52(53,54)62-35(8)27-33(6)48(45)62/h13-24,26-28,30-31,43,46,50H,11-12,25,29H2,1-10H3,(H,55,63)(H,56,64)/t43-,46-,50+/m0/s1. The molecule has 0 spiro atoms. The number of benzene rings is 3. The molecule has 3 amide bonds. The number of rotatable bonds is 17. The Labute approximate surface area is 422 Å². The van der Waals surface area contributed by atoms with Gasteiger partial charge in [-0.25, -0.2) is 9.25 Å². The summed E-state index contributed by atoms with van der Waals surface area (Å²) in [6.45, 7) is 10.3. The third-order valence-corrected chi connectivity index (χ3v) is 17.0. The summed E-state index contributed by atoms with van der Waals surface area (Å²) in [7, 11) is -4.20. The molecule has 2 N–H and O–H groups in total. The number of hydrogen-bond acceptors (Lipinski definition) is 10. The van der Waals surface area contributed by atoms with Crippen LogP contribution in [0.1, 0.15) is 76.9 Å². The molecule has 8 rings (SSSR count). The fourth-order valence-electron chi connectivity index (χ4n) is 9.80. The summed E-state index contributed by atoms with van der Waals surface area (Å²) in [5, 5.41) is 14.4. The van der Waals surface area contributed by atoms with Crippen LogP contribution in [0.25, 0.3) is 16.8 Å². The van der Waals surface area contributed by atoms with Crippen LogP contribution < -0.4 is 19.7 Å². The van der Waals surface area contributed by atoms with Crippen molar-refractivity contribution in [1.29, 1.82) is 0 Å². The lowest BCUT2D eigenvalue weighted by Crippen LogP contribution is -2.56. The van der Waals surface area contributed by atoms with Gasteiger partial charge in [0.25, 0.3) is 0 Å². The Bertz CT molecular complexity index is 2960. The molecular weight excluding hydrogens is 965 g/mol. The summed E-state index contributed by atoms with van der Waals surface area (Å²) in [5.41, 5.74) is 6.17. The molecule has 14 nitrogen and oxygen atoms in total. The SMILES string of the molecule is CSc1ccc(OP(=O)(Oc2ccc(SC)cc2)[C@@H](NC(=O)[C@@H]2CCCN2C(=O)[C@@H](NC(=O)Cn2cc(-c3ccc(C4=C5C(C)=CC(C)=[N+]5[B-](F)(F)n5c(C)cc(C)c54)cc3)nn2)C(C)C)C(C)C)cc1. The number of carbonyl (C=O) groups is 3. The number of carbonyl (C=O) groups excluding carboxylic acids is 3. The van der Waals surface area contributed by atoms with Crippen LogP contribution in [0, 0.1) is 25.7 Å². The van der Waals surface area contributed by atoms with Crippen LogP contribution in [-0.2, 0) is 25.5 Å². The van der Waals surface area contributed by atoms with Crippen LogP contribution in [-0.4, -0.2) is 96.2 Å². The molecule has 0 saturated carbocycles. The number of thioether (sulfide) groups is 2. The quantitative estimate of drug-likeness (QED) is 0.0523. The van der Waals surface area contributed by atoms with E-state index in [-0.39, 0.29) is 19.0 Å². The van der Waals surface area contributed by atoms with E-state index in [0.717, 1.165) is 32.1 Å². The van der Waals surface area contributed by atoms with E-state index in [4.69, 9.17) is 9.05 Å². The largest absolute Gasteiger partial charge is 0.737 e. The normalized spacial score (nSPS) is 17.3. The average molecular weight is 1030 g/mol. The van der Waals surface area contributed by atoms with Gasteiger partial charge in [-0.1, -0.05) is 57.2 Å². The topological polar surface area (TPSA) is 153 Å². The molecule has 1 saturated heterocycles. The third-order valence-electron chi connectivity index (χ3n) is 13.2. The predicted molar refractivity (Wildman–Crippen MR) is 277 cm³/mol. The van der Waals surface area contributed by atoms with E-state index >= 15 is 13.2 Å². The highest BCUT2D eigenvalue weighted by Gasteiger charge is 2.55. The number of amides is 3. The monoisotopic (exact) mass is 1020 g/mol. The van der Waals surface area contributed by atoms with Crippen molar-refractivity contribution in [2.45, 2.75) is 102 Å².